The summed E-state index contributed by atoms with van der Waals surface area (Å²) in [5, 5.41) is 0. The predicted molar refractivity (Wildman–Crippen MR) is 65.1 cm³/mol. The molecular formula is C11H12BrFOS. The first-order valence-corrected chi connectivity index (χ1v) is 6.08. The monoisotopic (exact) mass is 290 g/mol. The highest BCUT2D eigenvalue weighted by molar-refractivity contribution is 9.10. The zero-order chi connectivity index (χ0) is 11.6. The van der Waals surface area contributed by atoms with Crippen molar-refractivity contribution in [3.63, 3.8) is 0 Å². The molecule has 0 fully saturated rings. The number of carbonyl (C=O) groups excluding carboxylic acids is 1. The lowest BCUT2D eigenvalue weighted by Gasteiger charge is -2.19. The van der Waals surface area contributed by atoms with Crippen LogP contribution in [0, 0.1) is 5.82 Å². The van der Waals surface area contributed by atoms with E-state index in [4.69, 9.17) is 0 Å². The lowest BCUT2D eigenvalue weighted by Crippen LogP contribution is -2.08. The zero-order valence-electron chi connectivity index (χ0n) is 8.80. The van der Waals surface area contributed by atoms with E-state index in [1.165, 1.54) is 11.8 Å². The Morgan fingerprint density at radius 2 is 2.00 bits per heavy atom. The Morgan fingerprint density at radius 3 is 2.47 bits per heavy atom. The molecule has 0 atom stereocenters. The highest BCUT2D eigenvalue weighted by Crippen LogP contribution is 2.37. The van der Waals surface area contributed by atoms with Crippen molar-refractivity contribution < 1.29 is 9.18 Å². The number of halogens is 2. The fourth-order valence-electron chi connectivity index (χ4n) is 1.05. The molecule has 1 nitrogen and oxygen atoms in total. The van der Waals surface area contributed by atoms with Crippen LogP contribution in [0.4, 0.5) is 4.39 Å². The van der Waals surface area contributed by atoms with Crippen molar-refractivity contribution in [2.24, 2.45) is 0 Å². The quantitative estimate of drug-likeness (QED) is 0.597. The Hall–Kier alpha value is -0.350. The van der Waals surface area contributed by atoms with Crippen LogP contribution >= 0.6 is 27.7 Å². The van der Waals surface area contributed by atoms with Gasteiger partial charge in [-0.2, -0.15) is 0 Å². The third kappa shape index (κ3) is 3.31. The van der Waals surface area contributed by atoms with Crippen LogP contribution in [0.25, 0.3) is 0 Å². The van der Waals surface area contributed by atoms with Crippen molar-refractivity contribution >= 4 is 34.0 Å². The second-order valence-corrected chi connectivity index (χ2v) is 6.80. The summed E-state index contributed by atoms with van der Waals surface area (Å²) in [7, 11) is 0. The number of carbonyl (C=O) groups is 1. The molecule has 0 spiro atoms. The van der Waals surface area contributed by atoms with Gasteiger partial charge in [0, 0.05) is 10.3 Å². The van der Waals surface area contributed by atoms with E-state index in [0.29, 0.717) is 21.2 Å². The molecule has 0 saturated heterocycles. The SMILES string of the molecule is CC(C)(C)Sc1c(C=O)ccc(Br)c1F. The van der Waals surface area contributed by atoms with Crippen LogP contribution in [0.1, 0.15) is 31.1 Å². The Balaban J connectivity index is 3.24. The van der Waals surface area contributed by atoms with Crippen molar-refractivity contribution in [2.75, 3.05) is 0 Å². The second-order valence-electron chi connectivity index (χ2n) is 4.11. The van der Waals surface area contributed by atoms with Gasteiger partial charge in [0.25, 0.3) is 0 Å². The van der Waals surface area contributed by atoms with E-state index in [1.807, 2.05) is 20.8 Å². The molecule has 1 aromatic rings. The Morgan fingerprint density at radius 1 is 1.40 bits per heavy atom. The molecule has 1 rings (SSSR count). The Labute approximate surface area is 102 Å². The van der Waals surface area contributed by atoms with E-state index < -0.39 is 0 Å². The largest absolute Gasteiger partial charge is 0.298 e. The smallest absolute Gasteiger partial charge is 0.151 e. The van der Waals surface area contributed by atoms with Gasteiger partial charge in [0.15, 0.2) is 12.1 Å². The van der Waals surface area contributed by atoms with Crippen molar-refractivity contribution in [3.8, 4) is 0 Å². The maximum Gasteiger partial charge on any atom is 0.151 e. The van der Waals surface area contributed by atoms with Gasteiger partial charge >= 0.3 is 0 Å². The lowest BCUT2D eigenvalue weighted by molar-refractivity contribution is 0.112. The van der Waals surface area contributed by atoms with E-state index in [9.17, 15) is 9.18 Å². The number of aldehydes is 1. The Bertz CT molecular complexity index is 385. The van der Waals surface area contributed by atoms with Gasteiger partial charge in [-0.3, -0.25) is 4.79 Å². The molecule has 0 bridgehead atoms. The third-order valence-corrected chi connectivity index (χ3v) is 3.46. The number of hydrogen-bond acceptors (Lipinski definition) is 2. The fourth-order valence-corrected chi connectivity index (χ4v) is 2.56. The average Bonchev–Trinajstić information content (AvgIpc) is 2.11. The first kappa shape index (κ1) is 12.7. The summed E-state index contributed by atoms with van der Waals surface area (Å²) in [5.41, 5.74) is 0.399. The molecule has 0 N–H and O–H groups in total. The van der Waals surface area contributed by atoms with Crippen molar-refractivity contribution in [1.82, 2.24) is 0 Å². The molecule has 0 aromatic heterocycles. The van der Waals surface area contributed by atoms with E-state index in [2.05, 4.69) is 15.9 Å². The summed E-state index contributed by atoms with van der Waals surface area (Å²) in [6.45, 7) is 5.94. The summed E-state index contributed by atoms with van der Waals surface area (Å²) in [6, 6.07) is 3.17. The predicted octanol–water partition coefficient (Wildman–Crippen LogP) is 4.29. The molecule has 0 amide bonds. The van der Waals surface area contributed by atoms with Gasteiger partial charge in [-0.05, 0) is 28.1 Å². The molecule has 1 aromatic carbocycles. The highest BCUT2D eigenvalue weighted by atomic mass is 79.9. The van der Waals surface area contributed by atoms with Gasteiger partial charge in [-0.1, -0.05) is 20.8 Å². The van der Waals surface area contributed by atoms with Crippen LogP contribution in [0.2, 0.25) is 0 Å². The van der Waals surface area contributed by atoms with Crippen LogP contribution in [-0.2, 0) is 0 Å². The summed E-state index contributed by atoms with van der Waals surface area (Å²) in [5.74, 6) is -0.362. The standard InChI is InChI=1S/C11H12BrFOS/c1-11(2,3)15-10-7(6-14)4-5-8(12)9(10)13/h4-6H,1-3H3. The van der Waals surface area contributed by atoms with Crippen molar-refractivity contribution in [1.29, 1.82) is 0 Å². The van der Waals surface area contributed by atoms with Gasteiger partial charge in [0.2, 0.25) is 0 Å². The molecule has 0 unspecified atom stereocenters. The van der Waals surface area contributed by atoms with E-state index >= 15 is 0 Å². The summed E-state index contributed by atoms with van der Waals surface area (Å²) < 4.78 is 14.0. The minimum absolute atomic E-state index is 0.126. The van der Waals surface area contributed by atoms with Crippen LogP contribution in [0.3, 0.4) is 0 Å². The molecule has 0 heterocycles. The van der Waals surface area contributed by atoms with Crippen LogP contribution in [-0.4, -0.2) is 11.0 Å². The highest BCUT2D eigenvalue weighted by Gasteiger charge is 2.19. The molecule has 82 valence electrons. The lowest BCUT2D eigenvalue weighted by atomic mass is 10.2. The van der Waals surface area contributed by atoms with E-state index in [1.54, 1.807) is 12.1 Å². The zero-order valence-corrected chi connectivity index (χ0v) is 11.2. The molecular weight excluding hydrogens is 279 g/mol. The minimum atomic E-state index is -0.362. The van der Waals surface area contributed by atoms with Gasteiger partial charge in [-0.15, -0.1) is 11.8 Å². The minimum Gasteiger partial charge on any atom is -0.298 e. The fraction of sp³-hybridized carbons (Fsp3) is 0.364. The normalized spacial score (nSPS) is 11.5. The summed E-state index contributed by atoms with van der Waals surface area (Å²) in [6.07, 6.45) is 0.684. The molecule has 0 aliphatic carbocycles. The van der Waals surface area contributed by atoms with Crippen LogP contribution in [0.5, 0.6) is 0 Å². The van der Waals surface area contributed by atoms with E-state index in [0.717, 1.165) is 0 Å². The number of benzene rings is 1. The number of hydrogen-bond donors (Lipinski definition) is 0. The average molecular weight is 291 g/mol. The van der Waals surface area contributed by atoms with E-state index in [-0.39, 0.29) is 10.6 Å². The molecule has 4 heteroatoms. The number of rotatable bonds is 2. The van der Waals surface area contributed by atoms with Gasteiger partial charge in [-0.25, -0.2) is 4.39 Å². The summed E-state index contributed by atoms with van der Waals surface area (Å²) in [4.78, 5) is 11.2. The third-order valence-electron chi connectivity index (χ3n) is 1.62. The maximum atomic E-state index is 13.8. The first-order valence-electron chi connectivity index (χ1n) is 4.47. The topological polar surface area (TPSA) is 17.1 Å². The van der Waals surface area contributed by atoms with Gasteiger partial charge in [0.1, 0.15) is 0 Å². The molecule has 15 heavy (non-hydrogen) atoms. The van der Waals surface area contributed by atoms with Crippen molar-refractivity contribution in [3.05, 3.63) is 28.0 Å². The van der Waals surface area contributed by atoms with Gasteiger partial charge < -0.3 is 0 Å². The number of thioether (sulfide) groups is 1. The second kappa shape index (κ2) is 4.66. The maximum absolute atomic E-state index is 13.8. The summed E-state index contributed by atoms with van der Waals surface area (Å²) >= 11 is 4.47. The molecule has 0 saturated carbocycles. The van der Waals surface area contributed by atoms with Crippen LogP contribution in [0.15, 0.2) is 21.5 Å². The van der Waals surface area contributed by atoms with Crippen molar-refractivity contribution in [2.45, 2.75) is 30.4 Å². The molecule has 0 aliphatic heterocycles. The Kier molecular flexibility index (Phi) is 3.95. The molecule has 0 aliphatic rings. The van der Waals surface area contributed by atoms with Gasteiger partial charge in [0.05, 0.1) is 9.37 Å². The van der Waals surface area contributed by atoms with Crippen LogP contribution < -0.4 is 0 Å². The first-order chi connectivity index (χ1) is 6.85. The molecule has 0 radical (unpaired) electrons.